The highest BCUT2D eigenvalue weighted by Gasteiger charge is 2.37. The van der Waals surface area contributed by atoms with Crippen LogP contribution in [0.3, 0.4) is 0 Å². The van der Waals surface area contributed by atoms with Crippen molar-refractivity contribution >= 4 is 7.82 Å². The fourth-order valence-electron chi connectivity index (χ4n) is 5.46. The molecule has 1 fully saturated rings. The number of allylic oxidation sites excluding steroid dienone is 2. The van der Waals surface area contributed by atoms with E-state index in [1.807, 2.05) is 0 Å². The number of phosphoric acid groups is 1. The quantitative estimate of drug-likeness (QED) is 0.0534. The summed E-state index contributed by atoms with van der Waals surface area (Å²) in [4.78, 5) is 18.7. The molecule has 0 heterocycles. The highest BCUT2D eigenvalue weighted by molar-refractivity contribution is 7.46. The van der Waals surface area contributed by atoms with Crippen molar-refractivity contribution in [3.05, 3.63) is 12.2 Å². The van der Waals surface area contributed by atoms with Gasteiger partial charge in [0.25, 0.3) is 0 Å². The van der Waals surface area contributed by atoms with Crippen LogP contribution in [0.1, 0.15) is 148 Å². The van der Waals surface area contributed by atoms with E-state index in [0.717, 1.165) is 23.7 Å². The van der Waals surface area contributed by atoms with E-state index >= 15 is 0 Å². The number of hydrogen-bond acceptors (Lipinski definition) is 2. The molecule has 36 heavy (non-hydrogen) atoms. The highest BCUT2D eigenvalue weighted by atomic mass is 31.2. The van der Waals surface area contributed by atoms with E-state index in [4.69, 9.17) is 4.52 Å². The predicted molar refractivity (Wildman–Crippen MR) is 154 cm³/mol. The van der Waals surface area contributed by atoms with Crippen LogP contribution in [0.25, 0.3) is 0 Å². The Morgan fingerprint density at radius 2 is 1.22 bits per heavy atom. The van der Waals surface area contributed by atoms with Crippen LogP contribution >= 0.6 is 7.82 Å². The standard InChI is InChI=1S/C30H60NO4P/c1-4-5-6-7-8-9-10-11-12-13-14-15-16-17-18-19-20-21-22-23-27-30(35-36(32,33)34)28-31(2,3)29-25-24-26-29/h11-12,29-30H,4-10,13-28H2,1-3H3,(H-,32,33,34)/p+1. The van der Waals surface area contributed by atoms with Crippen LogP contribution < -0.4 is 0 Å². The van der Waals surface area contributed by atoms with Gasteiger partial charge in [0.2, 0.25) is 0 Å². The normalized spacial score (nSPS) is 16.0. The second-order valence-corrected chi connectivity index (χ2v) is 13.1. The fourth-order valence-corrected chi connectivity index (χ4v) is 6.02. The lowest BCUT2D eigenvalue weighted by atomic mass is 9.89. The van der Waals surface area contributed by atoms with E-state index in [1.54, 1.807) is 0 Å². The summed E-state index contributed by atoms with van der Waals surface area (Å²) in [7, 11) is -0.0894. The Morgan fingerprint density at radius 1 is 0.778 bits per heavy atom. The third kappa shape index (κ3) is 19.0. The molecule has 0 aromatic rings. The fraction of sp³-hybridized carbons (Fsp3) is 0.933. The van der Waals surface area contributed by atoms with Gasteiger partial charge in [-0.2, -0.15) is 0 Å². The van der Waals surface area contributed by atoms with E-state index < -0.39 is 7.82 Å². The third-order valence-electron chi connectivity index (χ3n) is 8.06. The molecule has 1 atom stereocenters. The van der Waals surface area contributed by atoms with Gasteiger partial charge in [0.1, 0.15) is 12.6 Å². The summed E-state index contributed by atoms with van der Waals surface area (Å²) in [6, 6.07) is 0.610. The lowest BCUT2D eigenvalue weighted by Gasteiger charge is -2.44. The summed E-state index contributed by atoms with van der Waals surface area (Å²) in [6.07, 6.45) is 32.4. The molecule has 1 unspecified atom stereocenters. The maximum absolute atomic E-state index is 11.5. The van der Waals surface area contributed by atoms with E-state index in [1.165, 1.54) is 122 Å². The number of unbranched alkanes of at least 4 members (excludes halogenated alkanes) is 16. The molecule has 1 aliphatic carbocycles. The molecule has 2 N–H and O–H groups in total. The number of nitrogens with zero attached hydrogens (tertiary/aromatic N) is 1. The first-order chi connectivity index (χ1) is 17.2. The summed E-state index contributed by atoms with van der Waals surface area (Å²) in [5.41, 5.74) is 0. The summed E-state index contributed by atoms with van der Waals surface area (Å²) < 4.78 is 17.4. The van der Waals surface area contributed by atoms with Crippen LogP contribution in [0.4, 0.5) is 0 Å². The summed E-state index contributed by atoms with van der Waals surface area (Å²) in [5, 5.41) is 0. The molecule has 6 heteroatoms. The summed E-state index contributed by atoms with van der Waals surface area (Å²) in [5.74, 6) is 0. The van der Waals surface area contributed by atoms with Crippen LogP contribution in [0.2, 0.25) is 0 Å². The molecule has 0 saturated heterocycles. The number of phosphoric ester groups is 1. The Bertz CT molecular complexity index is 585. The predicted octanol–water partition coefficient (Wildman–Crippen LogP) is 9.08. The molecule has 214 valence electrons. The molecule has 5 nitrogen and oxygen atoms in total. The highest BCUT2D eigenvalue weighted by Crippen LogP contribution is 2.40. The van der Waals surface area contributed by atoms with E-state index in [9.17, 15) is 14.4 Å². The van der Waals surface area contributed by atoms with Gasteiger partial charge in [0.15, 0.2) is 0 Å². The molecule has 1 rings (SSSR count). The zero-order chi connectivity index (χ0) is 26.5. The number of likely N-dealkylation sites (N-methyl/N-ethyl adjacent to an activating group) is 1. The Morgan fingerprint density at radius 3 is 1.64 bits per heavy atom. The molecule has 0 aromatic carbocycles. The second-order valence-electron chi connectivity index (χ2n) is 11.9. The number of hydrogen-bond donors (Lipinski definition) is 2. The largest absolute Gasteiger partial charge is 0.470 e. The first-order valence-electron chi connectivity index (χ1n) is 15.5. The van der Waals surface area contributed by atoms with Crippen molar-refractivity contribution in [1.82, 2.24) is 0 Å². The monoisotopic (exact) mass is 530 g/mol. The minimum atomic E-state index is -4.44. The van der Waals surface area contributed by atoms with Crippen molar-refractivity contribution in [2.75, 3.05) is 20.6 Å². The van der Waals surface area contributed by atoms with Gasteiger partial charge in [-0.3, -0.25) is 4.52 Å². The molecule has 1 aliphatic rings. The molecular weight excluding hydrogens is 469 g/mol. The molecule has 0 spiro atoms. The molecule has 0 bridgehead atoms. The third-order valence-corrected chi connectivity index (χ3v) is 8.63. The minimum absolute atomic E-state index is 0.355. The van der Waals surface area contributed by atoms with Gasteiger partial charge in [0.05, 0.1) is 20.1 Å². The average Bonchev–Trinajstić information content (AvgIpc) is 2.74. The molecule has 1 saturated carbocycles. The van der Waals surface area contributed by atoms with Gasteiger partial charge < -0.3 is 14.3 Å². The maximum Gasteiger partial charge on any atom is 0.470 e. The van der Waals surface area contributed by atoms with Crippen LogP contribution in [0, 0.1) is 0 Å². The first kappa shape index (κ1) is 33.8. The average molecular weight is 531 g/mol. The van der Waals surface area contributed by atoms with Crippen molar-refractivity contribution < 1.29 is 23.4 Å². The van der Waals surface area contributed by atoms with Gasteiger partial charge in [-0.05, 0) is 51.4 Å². The SMILES string of the molecule is CCCCCCCCC=CCCCCCCCCCCCCC(C[N+](C)(C)C1CCC1)OP(=O)(O)O. The summed E-state index contributed by atoms with van der Waals surface area (Å²) in [6.45, 7) is 2.96. The second kappa shape index (κ2) is 20.7. The van der Waals surface area contributed by atoms with Gasteiger partial charge in [-0.25, -0.2) is 4.57 Å². The molecule has 0 radical (unpaired) electrons. The van der Waals surface area contributed by atoms with Gasteiger partial charge >= 0.3 is 7.82 Å². The topological polar surface area (TPSA) is 66.8 Å². The van der Waals surface area contributed by atoms with Crippen LogP contribution in [0.5, 0.6) is 0 Å². The Kier molecular flexibility index (Phi) is 19.5. The lowest BCUT2D eigenvalue weighted by Crippen LogP contribution is -2.55. The zero-order valence-corrected chi connectivity index (χ0v) is 25.1. The Hall–Kier alpha value is -0.190. The maximum atomic E-state index is 11.5. The van der Waals surface area contributed by atoms with E-state index in [-0.39, 0.29) is 6.10 Å². The minimum Gasteiger partial charge on any atom is -0.324 e. The molecular formula is C30H61NO4P+. The molecule has 0 amide bonds. The Balaban J connectivity index is 1.95. The molecule has 0 aliphatic heterocycles. The summed E-state index contributed by atoms with van der Waals surface area (Å²) >= 11 is 0. The lowest BCUT2D eigenvalue weighted by molar-refractivity contribution is -0.923. The van der Waals surface area contributed by atoms with Gasteiger partial charge in [-0.15, -0.1) is 0 Å². The van der Waals surface area contributed by atoms with Crippen molar-refractivity contribution in [2.45, 2.75) is 160 Å². The van der Waals surface area contributed by atoms with Crippen molar-refractivity contribution in [1.29, 1.82) is 0 Å². The van der Waals surface area contributed by atoms with Crippen LogP contribution in [-0.4, -0.2) is 47.1 Å². The van der Waals surface area contributed by atoms with Gasteiger partial charge in [0, 0.05) is 0 Å². The first-order valence-corrected chi connectivity index (χ1v) is 17.0. The van der Waals surface area contributed by atoms with Crippen molar-refractivity contribution in [2.24, 2.45) is 0 Å². The number of rotatable bonds is 25. The number of quaternary nitrogens is 1. The Labute approximate surface area is 224 Å². The van der Waals surface area contributed by atoms with Crippen LogP contribution in [0.15, 0.2) is 12.2 Å². The van der Waals surface area contributed by atoms with E-state index in [0.29, 0.717) is 12.6 Å². The van der Waals surface area contributed by atoms with Crippen LogP contribution in [-0.2, 0) is 9.09 Å². The van der Waals surface area contributed by atoms with Crippen molar-refractivity contribution in [3.8, 4) is 0 Å². The van der Waals surface area contributed by atoms with Crippen molar-refractivity contribution in [3.63, 3.8) is 0 Å². The molecule has 0 aromatic heterocycles. The van der Waals surface area contributed by atoms with Gasteiger partial charge in [-0.1, -0.05) is 109 Å². The zero-order valence-electron chi connectivity index (χ0n) is 24.2. The smallest absolute Gasteiger partial charge is 0.324 e. The van der Waals surface area contributed by atoms with E-state index in [2.05, 4.69) is 33.2 Å².